The Morgan fingerprint density at radius 1 is 0.324 bits per heavy atom. The number of furan rings is 1. The van der Waals surface area contributed by atoms with Crippen LogP contribution < -0.4 is 0 Å². The van der Waals surface area contributed by atoms with E-state index in [-0.39, 0.29) is 0 Å². The molecule has 0 saturated heterocycles. The van der Waals surface area contributed by atoms with Crippen molar-refractivity contribution in [1.29, 1.82) is 0 Å². The molecule has 0 aliphatic heterocycles. The van der Waals surface area contributed by atoms with Gasteiger partial charge in [0.2, 0.25) is 0 Å². The highest BCUT2D eigenvalue weighted by Crippen LogP contribution is 2.45. The van der Waals surface area contributed by atoms with Crippen LogP contribution in [-0.4, -0.2) is 24.1 Å². The number of rotatable bonds is 6. The Morgan fingerprint density at radius 3 is 1.62 bits per heavy atom. The van der Waals surface area contributed by atoms with Crippen LogP contribution in [0.1, 0.15) is 0 Å². The van der Waals surface area contributed by atoms with Crippen molar-refractivity contribution in [3.63, 3.8) is 0 Å². The second kappa shape index (κ2) is 15.4. The van der Waals surface area contributed by atoms with Crippen LogP contribution in [-0.2, 0) is 0 Å². The quantitative estimate of drug-likeness (QED) is 0.167. The molecular weight excluding hydrogens is 867 g/mol. The molecule has 0 unspecified atom stereocenters. The molecule has 6 nitrogen and oxygen atoms in total. The molecule has 0 amide bonds. The first kappa shape index (κ1) is 39.4. The van der Waals surface area contributed by atoms with E-state index in [9.17, 15) is 0 Å². The Bertz CT molecular complexity index is 4620. The zero-order valence-electron chi connectivity index (χ0n) is 38.2. The van der Waals surface area contributed by atoms with E-state index < -0.39 is 0 Å². The van der Waals surface area contributed by atoms with Crippen molar-refractivity contribution in [1.82, 2.24) is 24.1 Å². The van der Waals surface area contributed by atoms with Crippen LogP contribution in [0.5, 0.6) is 0 Å². The number of aromatic nitrogens is 5. The summed E-state index contributed by atoms with van der Waals surface area (Å²) in [4.78, 5) is 16.8. The Labute approximate surface area is 407 Å². The largest absolute Gasteiger partial charge is 0.456 e. The van der Waals surface area contributed by atoms with Gasteiger partial charge in [-0.15, -0.1) is 0 Å². The molecule has 0 fully saturated rings. The van der Waals surface area contributed by atoms with Crippen LogP contribution >= 0.6 is 0 Å². The molecule has 0 bridgehead atoms. The summed E-state index contributed by atoms with van der Waals surface area (Å²) in [6.45, 7) is 0. The van der Waals surface area contributed by atoms with Gasteiger partial charge in [-0.3, -0.25) is 0 Å². The molecule has 0 atom stereocenters. The number of benzene rings is 11. The van der Waals surface area contributed by atoms with Crippen LogP contribution in [0.2, 0.25) is 0 Å². The molecule has 0 N–H and O–H groups in total. The van der Waals surface area contributed by atoms with Crippen LogP contribution in [0.3, 0.4) is 0 Å². The minimum atomic E-state index is 0.541. The normalized spacial score (nSPS) is 11.9. The van der Waals surface area contributed by atoms with Crippen molar-refractivity contribution >= 4 is 87.1 Å². The first-order valence-corrected chi connectivity index (χ1v) is 24.0. The van der Waals surface area contributed by atoms with E-state index in [0.29, 0.717) is 17.5 Å². The summed E-state index contributed by atoms with van der Waals surface area (Å²) >= 11 is 0. The maximum absolute atomic E-state index is 6.88. The molecular formula is C65H39N5O. The number of hydrogen-bond donors (Lipinski definition) is 0. The Hall–Kier alpha value is -9.65. The lowest BCUT2D eigenvalue weighted by molar-refractivity contribution is 0.669. The maximum atomic E-state index is 6.88. The van der Waals surface area contributed by atoms with Crippen LogP contribution in [0.15, 0.2) is 241 Å². The average Bonchev–Trinajstić information content (AvgIpc) is 4.09. The number of nitrogens with zero attached hydrogens (tertiary/aromatic N) is 5. The lowest BCUT2D eigenvalue weighted by atomic mass is 10.00. The zero-order valence-corrected chi connectivity index (χ0v) is 38.2. The van der Waals surface area contributed by atoms with Crippen molar-refractivity contribution in [2.75, 3.05) is 0 Å². The molecule has 0 aliphatic carbocycles. The third-order valence-corrected chi connectivity index (χ3v) is 14.3. The predicted octanol–water partition coefficient (Wildman–Crippen LogP) is 16.9. The van der Waals surface area contributed by atoms with Crippen molar-refractivity contribution in [3.8, 4) is 56.7 Å². The first-order valence-electron chi connectivity index (χ1n) is 24.0. The van der Waals surface area contributed by atoms with Crippen molar-refractivity contribution < 1.29 is 4.42 Å². The van der Waals surface area contributed by atoms with Gasteiger partial charge in [0, 0.05) is 49.1 Å². The third kappa shape index (κ3) is 6.11. The molecule has 71 heavy (non-hydrogen) atoms. The average molecular weight is 906 g/mol. The van der Waals surface area contributed by atoms with Gasteiger partial charge < -0.3 is 13.6 Å². The molecule has 11 aromatic carbocycles. The fourth-order valence-electron chi connectivity index (χ4n) is 11.1. The van der Waals surface area contributed by atoms with Crippen molar-refractivity contribution in [2.45, 2.75) is 0 Å². The van der Waals surface area contributed by atoms with E-state index in [1.165, 1.54) is 16.2 Å². The molecule has 0 aliphatic rings. The smallest absolute Gasteiger partial charge is 0.166 e. The molecule has 330 valence electrons. The minimum absolute atomic E-state index is 0.541. The molecule has 15 aromatic rings. The van der Waals surface area contributed by atoms with Gasteiger partial charge >= 0.3 is 0 Å². The van der Waals surface area contributed by atoms with Crippen molar-refractivity contribution in [3.05, 3.63) is 237 Å². The number of fused-ring (bicyclic) bond motifs is 11. The second-order valence-electron chi connectivity index (χ2n) is 18.3. The monoisotopic (exact) mass is 905 g/mol. The Kier molecular flexibility index (Phi) is 8.56. The topological polar surface area (TPSA) is 61.7 Å². The van der Waals surface area contributed by atoms with Crippen molar-refractivity contribution in [2.24, 2.45) is 0 Å². The molecule has 4 aromatic heterocycles. The minimum Gasteiger partial charge on any atom is -0.456 e. The van der Waals surface area contributed by atoms with Crippen LogP contribution in [0, 0.1) is 0 Å². The first-order chi connectivity index (χ1) is 35.2. The predicted molar refractivity (Wildman–Crippen MR) is 293 cm³/mol. The van der Waals surface area contributed by atoms with Crippen LogP contribution in [0.4, 0.5) is 0 Å². The van der Waals surface area contributed by atoms with Gasteiger partial charge in [-0.25, -0.2) is 15.0 Å². The number of para-hydroxylation sites is 4. The third-order valence-electron chi connectivity index (χ3n) is 14.3. The highest BCUT2D eigenvalue weighted by molar-refractivity contribution is 6.19. The van der Waals surface area contributed by atoms with E-state index in [0.717, 1.165) is 110 Å². The Balaban J connectivity index is 1.09. The van der Waals surface area contributed by atoms with Gasteiger partial charge in [0.05, 0.1) is 33.3 Å². The fourth-order valence-corrected chi connectivity index (χ4v) is 11.1. The summed E-state index contributed by atoms with van der Waals surface area (Å²) in [5, 5.41) is 11.1. The summed E-state index contributed by atoms with van der Waals surface area (Å²) in [5.74, 6) is 1.68. The Morgan fingerprint density at radius 2 is 0.873 bits per heavy atom. The number of hydrogen-bond acceptors (Lipinski definition) is 4. The molecule has 4 heterocycles. The van der Waals surface area contributed by atoms with E-state index >= 15 is 0 Å². The molecule has 0 saturated carbocycles. The standard InChI is InChI=1S/C65H39N5O/c1-3-16-40(17-4-1)41-30-32-42(33-31-41)63-66-64(51-27-15-26-50-48-24-11-13-28-54(48)69(62(50)51)47-22-5-2-6-23-47)68-65(67-63)61-56(34-35-58-60(61)53-37-44-19-8-10-21-46(44)39-59(53)71-58)70-55-29-14-12-25-49(55)52-36-43-18-7-9-20-45(43)38-57(52)70/h1-39H. The van der Waals surface area contributed by atoms with E-state index in [4.69, 9.17) is 19.4 Å². The summed E-state index contributed by atoms with van der Waals surface area (Å²) in [5.41, 5.74) is 12.7. The second-order valence-corrected chi connectivity index (χ2v) is 18.3. The highest BCUT2D eigenvalue weighted by Gasteiger charge is 2.26. The zero-order chi connectivity index (χ0) is 46.6. The lowest BCUT2D eigenvalue weighted by Gasteiger charge is -2.17. The van der Waals surface area contributed by atoms with Gasteiger partial charge in [0.15, 0.2) is 17.5 Å². The van der Waals surface area contributed by atoms with Gasteiger partial charge in [0.1, 0.15) is 11.2 Å². The highest BCUT2D eigenvalue weighted by atomic mass is 16.3. The SMILES string of the molecule is c1ccc(-c2ccc(-c3nc(-c4c(-n5c6ccccc6c6cc7ccccc7cc65)ccc5oc6cc7ccccc7cc6c45)nc(-c4cccc5c6ccccc6n(-c6ccccc6)c45)n3)cc2)cc1. The van der Waals surface area contributed by atoms with Gasteiger partial charge in [-0.05, 0) is 99.4 Å². The summed E-state index contributed by atoms with van der Waals surface area (Å²) in [6.07, 6.45) is 0. The summed E-state index contributed by atoms with van der Waals surface area (Å²) in [6, 6.07) is 83.9. The molecule has 0 spiro atoms. The van der Waals surface area contributed by atoms with E-state index in [2.05, 4.69) is 240 Å². The van der Waals surface area contributed by atoms with Crippen LogP contribution in [0.25, 0.3) is 144 Å². The van der Waals surface area contributed by atoms with E-state index in [1.807, 2.05) is 6.07 Å². The molecule has 15 rings (SSSR count). The fraction of sp³-hybridized carbons (Fsp3) is 0. The summed E-state index contributed by atoms with van der Waals surface area (Å²) < 4.78 is 11.6. The summed E-state index contributed by atoms with van der Waals surface area (Å²) in [7, 11) is 0. The molecule has 0 radical (unpaired) electrons. The van der Waals surface area contributed by atoms with E-state index in [1.54, 1.807) is 0 Å². The molecule has 6 heteroatoms. The maximum Gasteiger partial charge on any atom is 0.166 e. The lowest BCUT2D eigenvalue weighted by Crippen LogP contribution is -2.05. The van der Waals surface area contributed by atoms with Gasteiger partial charge in [-0.1, -0.05) is 170 Å². The van der Waals surface area contributed by atoms with Gasteiger partial charge in [0.25, 0.3) is 0 Å². The van der Waals surface area contributed by atoms with Gasteiger partial charge in [-0.2, -0.15) is 0 Å².